The van der Waals surface area contributed by atoms with Crippen LogP contribution in [0.5, 0.6) is 17.2 Å². The minimum absolute atomic E-state index is 0.165. The van der Waals surface area contributed by atoms with E-state index in [9.17, 15) is 4.79 Å². The first-order valence-electron chi connectivity index (χ1n) is 8.48. The molecule has 0 saturated heterocycles. The number of pyridine rings is 1. The van der Waals surface area contributed by atoms with Crippen LogP contribution >= 0.6 is 0 Å². The van der Waals surface area contributed by atoms with Crippen molar-refractivity contribution >= 4 is 5.82 Å². The van der Waals surface area contributed by atoms with Gasteiger partial charge in [0.15, 0.2) is 11.5 Å². The largest absolute Gasteiger partial charge is 0.493 e. The van der Waals surface area contributed by atoms with Crippen LogP contribution in [0.3, 0.4) is 0 Å². The van der Waals surface area contributed by atoms with Crippen LogP contribution in [0.1, 0.15) is 5.56 Å². The molecule has 1 heterocycles. The van der Waals surface area contributed by atoms with E-state index < -0.39 is 0 Å². The van der Waals surface area contributed by atoms with E-state index in [-0.39, 0.29) is 5.56 Å². The molecule has 3 rings (SSSR count). The van der Waals surface area contributed by atoms with E-state index in [1.54, 1.807) is 44.1 Å². The lowest BCUT2D eigenvalue weighted by Gasteiger charge is -2.18. The van der Waals surface area contributed by atoms with Crippen molar-refractivity contribution in [3.05, 3.63) is 76.6 Å². The highest BCUT2D eigenvalue weighted by Crippen LogP contribution is 2.39. The Morgan fingerprint density at radius 3 is 2.11 bits per heavy atom. The summed E-state index contributed by atoms with van der Waals surface area (Å²) in [4.78, 5) is 12.6. The molecular weight excluding hydrogens is 344 g/mol. The Bertz CT molecular complexity index is 942. The Morgan fingerprint density at radius 2 is 1.52 bits per heavy atom. The third-order valence-corrected chi connectivity index (χ3v) is 4.18. The van der Waals surface area contributed by atoms with Gasteiger partial charge in [-0.05, 0) is 11.6 Å². The molecule has 1 N–H and O–H groups in total. The lowest BCUT2D eigenvalue weighted by Crippen LogP contribution is -2.21. The standard InChI is InChI=1S/C21H22N2O4/c1-25-17-12-16(13-18(26-2)21(17)27-3)23-19(10-7-11-20(23)24)22-14-15-8-5-4-6-9-15/h4-13,22H,14H2,1-3H3. The summed E-state index contributed by atoms with van der Waals surface area (Å²) in [5.41, 5.74) is 1.57. The third kappa shape index (κ3) is 3.89. The number of methoxy groups -OCH3 is 3. The maximum atomic E-state index is 12.6. The van der Waals surface area contributed by atoms with Crippen molar-refractivity contribution in [2.45, 2.75) is 6.54 Å². The van der Waals surface area contributed by atoms with Gasteiger partial charge in [0.25, 0.3) is 5.56 Å². The molecule has 0 spiro atoms. The highest BCUT2D eigenvalue weighted by molar-refractivity contribution is 5.60. The zero-order chi connectivity index (χ0) is 19.2. The van der Waals surface area contributed by atoms with E-state index >= 15 is 0 Å². The minimum atomic E-state index is -0.165. The van der Waals surface area contributed by atoms with E-state index in [4.69, 9.17) is 14.2 Å². The monoisotopic (exact) mass is 366 g/mol. The van der Waals surface area contributed by atoms with Crippen LogP contribution in [0.15, 0.2) is 65.5 Å². The van der Waals surface area contributed by atoms with Crippen LogP contribution in [-0.4, -0.2) is 25.9 Å². The van der Waals surface area contributed by atoms with Crippen molar-refractivity contribution in [2.24, 2.45) is 0 Å². The minimum Gasteiger partial charge on any atom is -0.493 e. The van der Waals surface area contributed by atoms with Gasteiger partial charge in [0.1, 0.15) is 5.82 Å². The van der Waals surface area contributed by atoms with Gasteiger partial charge >= 0.3 is 0 Å². The first kappa shape index (κ1) is 18.4. The molecule has 1 aromatic heterocycles. The maximum Gasteiger partial charge on any atom is 0.256 e. The predicted molar refractivity (Wildman–Crippen MR) is 105 cm³/mol. The Balaban J connectivity index is 2.05. The SMILES string of the molecule is COc1cc(-n2c(NCc3ccccc3)cccc2=O)cc(OC)c1OC. The first-order valence-corrected chi connectivity index (χ1v) is 8.48. The molecule has 0 bridgehead atoms. The second-order valence-electron chi connectivity index (χ2n) is 5.81. The number of aromatic nitrogens is 1. The molecule has 140 valence electrons. The van der Waals surface area contributed by atoms with Gasteiger partial charge in [-0.15, -0.1) is 0 Å². The van der Waals surface area contributed by atoms with Crippen molar-refractivity contribution in [1.82, 2.24) is 4.57 Å². The smallest absolute Gasteiger partial charge is 0.256 e. The van der Waals surface area contributed by atoms with Crippen molar-refractivity contribution in [3.8, 4) is 22.9 Å². The molecule has 0 fully saturated rings. The summed E-state index contributed by atoms with van der Waals surface area (Å²) >= 11 is 0. The zero-order valence-electron chi connectivity index (χ0n) is 15.6. The third-order valence-electron chi connectivity index (χ3n) is 4.18. The van der Waals surface area contributed by atoms with Gasteiger partial charge in [-0.25, -0.2) is 0 Å². The van der Waals surface area contributed by atoms with Gasteiger partial charge in [-0.3, -0.25) is 9.36 Å². The molecule has 2 aromatic carbocycles. The summed E-state index contributed by atoms with van der Waals surface area (Å²) < 4.78 is 17.8. The van der Waals surface area contributed by atoms with E-state index in [1.807, 2.05) is 36.4 Å². The average molecular weight is 366 g/mol. The van der Waals surface area contributed by atoms with Gasteiger partial charge in [0, 0.05) is 24.7 Å². The Morgan fingerprint density at radius 1 is 0.852 bits per heavy atom. The molecular formula is C21H22N2O4. The van der Waals surface area contributed by atoms with Crippen LogP contribution in [-0.2, 0) is 6.54 Å². The number of rotatable bonds is 7. The lowest BCUT2D eigenvalue weighted by atomic mass is 10.2. The molecule has 0 saturated carbocycles. The van der Waals surface area contributed by atoms with Gasteiger partial charge < -0.3 is 19.5 Å². The van der Waals surface area contributed by atoms with Crippen LogP contribution in [0.4, 0.5) is 5.82 Å². The Labute approximate surface area is 157 Å². The summed E-state index contributed by atoms with van der Waals surface area (Å²) in [6.07, 6.45) is 0. The van der Waals surface area contributed by atoms with Crippen LogP contribution in [0.2, 0.25) is 0 Å². The second kappa shape index (κ2) is 8.31. The highest BCUT2D eigenvalue weighted by Gasteiger charge is 2.16. The Kier molecular flexibility index (Phi) is 5.66. The number of benzene rings is 2. The molecule has 0 atom stereocenters. The number of nitrogens with zero attached hydrogens (tertiary/aromatic N) is 1. The van der Waals surface area contributed by atoms with Crippen LogP contribution in [0, 0.1) is 0 Å². The average Bonchev–Trinajstić information content (AvgIpc) is 2.71. The molecule has 0 aliphatic carbocycles. The zero-order valence-corrected chi connectivity index (χ0v) is 15.6. The number of nitrogens with one attached hydrogen (secondary N) is 1. The fourth-order valence-corrected chi connectivity index (χ4v) is 2.88. The number of ether oxygens (including phenoxy) is 3. The summed E-state index contributed by atoms with van der Waals surface area (Å²) in [6, 6.07) is 18.6. The second-order valence-corrected chi connectivity index (χ2v) is 5.81. The fourth-order valence-electron chi connectivity index (χ4n) is 2.88. The summed E-state index contributed by atoms with van der Waals surface area (Å²) in [5.74, 6) is 2.11. The maximum absolute atomic E-state index is 12.6. The topological polar surface area (TPSA) is 61.7 Å². The fraction of sp³-hybridized carbons (Fsp3) is 0.190. The van der Waals surface area contributed by atoms with E-state index in [1.165, 1.54) is 6.07 Å². The summed E-state index contributed by atoms with van der Waals surface area (Å²) in [7, 11) is 4.63. The highest BCUT2D eigenvalue weighted by atomic mass is 16.5. The molecule has 6 heteroatoms. The lowest BCUT2D eigenvalue weighted by molar-refractivity contribution is 0.324. The Hall–Kier alpha value is -3.41. The predicted octanol–water partition coefficient (Wildman–Crippen LogP) is 3.48. The molecule has 0 aliphatic rings. The van der Waals surface area contributed by atoms with Gasteiger partial charge in [0.2, 0.25) is 5.75 Å². The molecule has 0 radical (unpaired) electrons. The molecule has 3 aromatic rings. The molecule has 0 unspecified atom stereocenters. The summed E-state index contributed by atoms with van der Waals surface area (Å²) in [6.45, 7) is 0.592. The number of hydrogen-bond donors (Lipinski definition) is 1. The molecule has 0 aliphatic heterocycles. The molecule has 0 amide bonds. The van der Waals surface area contributed by atoms with E-state index in [2.05, 4.69) is 5.32 Å². The van der Waals surface area contributed by atoms with Gasteiger partial charge in [-0.1, -0.05) is 36.4 Å². The number of hydrogen-bond acceptors (Lipinski definition) is 5. The molecule has 6 nitrogen and oxygen atoms in total. The van der Waals surface area contributed by atoms with Crippen molar-refractivity contribution in [1.29, 1.82) is 0 Å². The van der Waals surface area contributed by atoms with Crippen LogP contribution in [0.25, 0.3) is 5.69 Å². The van der Waals surface area contributed by atoms with E-state index in [0.29, 0.717) is 35.3 Å². The van der Waals surface area contributed by atoms with Crippen molar-refractivity contribution < 1.29 is 14.2 Å². The van der Waals surface area contributed by atoms with Gasteiger partial charge in [-0.2, -0.15) is 0 Å². The molecule has 27 heavy (non-hydrogen) atoms. The van der Waals surface area contributed by atoms with Crippen molar-refractivity contribution in [2.75, 3.05) is 26.6 Å². The van der Waals surface area contributed by atoms with Crippen LogP contribution < -0.4 is 25.1 Å². The van der Waals surface area contributed by atoms with Crippen molar-refractivity contribution in [3.63, 3.8) is 0 Å². The first-order chi connectivity index (χ1) is 13.2. The van der Waals surface area contributed by atoms with Gasteiger partial charge in [0.05, 0.1) is 27.0 Å². The normalized spacial score (nSPS) is 10.3. The number of anilines is 1. The van der Waals surface area contributed by atoms with E-state index in [0.717, 1.165) is 5.56 Å². The summed E-state index contributed by atoms with van der Waals surface area (Å²) in [5, 5.41) is 3.32. The quantitative estimate of drug-likeness (QED) is 0.694.